The van der Waals surface area contributed by atoms with Gasteiger partial charge in [-0.15, -0.1) is 0 Å². The Kier molecular flexibility index (Phi) is 5.73. The molecule has 0 aliphatic carbocycles. The van der Waals surface area contributed by atoms with E-state index >= 15 is 0 Å². The minimum atomic E-state index is 0.148. The Morgan fingerprint density at radius 3 is 2.36 bits per heavy atom. The van der Waals surface area contributed by atoms with Crippen molar-refractivity contribution >= 4 is 23.3 Å². The summed E-state index contributed by atoms with van der Waals surface area (Å²) in [5.74, 6) is 0.211. The van der Waals surface area contributed by atoms with E-state index in [1.54, 1.807) is 24.4 Å². The van der Waals surface area contributed by atoms with E-state index in [1.165, 1.54) is 16.7 Å². The maximum Gasteiger partial charge on any atom is 0.117 e. The van der Waals surface area contributed by atoms with Gasteiger partial charge in [-0.3, -0.25) is 10.0 Å². The molecule has 0 aromatic heterocycles. The van der Waals surface area contributed by atoms with E-state index in [0.29, 0.717) is 0 Å². The Morgan fingerprint density at radius 1 is 0.879 bits per heavy atom. The Labute approximate surface area is 194 Å². The number of aryl methyl sites for hydroxylation is 1. The highest BCUT2D eigenvalue weighted by Crippen LogP contribution is 2.36. The lowest BCUT2D eigenvalue weighted by molar-refractivity contribution is 0.475. The van der Waals surface area contributed by atoms with Crippen LogP contribution in [0.15, 0.2) is 113 Å². The third kappa shape index (κ3) is 4.70. The van der Waals surface area contributed by atoms with Crippen molar-refractivity contribution in [1.29, 1.82) is 0 Å². The molecule has 0 saturated carbocycles. The van der Waals surface area contributed by atoms with Crippen LogP contribution in [-0.2, 0) is 0 Å². The van der Waals surface area contributed by atoms with E-state index in [0.717, 1.165) is 29.1 Å². The van der Waals surface area contributed by atoms with Crippen molar-refractivity contribution in [3.8, 4) is 5.75 Å². The Bertz CT molecular complexity index is 1290. The Morgan fingerprint density at radius 2 is 1.64 bits per heavy atom. The van der Waals surface area contributed by atoms with E-state index in [1.807, 2.05) is 24.3 Å². The van der Waals surface area contributed by atoms with Crippen LogP contribution in [0.25, 0.3) is 0 Å². The molecular formula is C29H25N3O. The van der Waals surface area contributed by atoms with Gasteiger partial charge in [-0.2, -0.15) is 5.10 Å². The number of phenolic OH excluding ortho intramolecular Hbond substituents is 1. The van der Waals surface area contributed by atoms with Crippen LogP contribution in [0.5, 0.6) is 5.75 Å². The molecule has 162 valence electrons. The lowest BCUT2D eigenvalue weighted by Gasteiger charge is -2.24. The average molecular weight is 432 g/mol. The predicted octanol–water partition coefficient (Wildman–Crippen LogP) is 6.81. The lowest BCUT2D eigenvalue weighted by Crippen LogP contribution is -2.18. The fraction of sp³-hybridized carbons (Fsp3) is 0.103. The van der Waals surface area contributed by atoms with Crippen LogP contribution in [0.3, 0.4) is 0 Å². The van der Waals surface area contributed by atoms with Crippen molar-refractivity contribution in [2.75, 3.05) is 5.01 Å². The molecule has 1 aliphatic rings. The van der Waals surface area contributed by atoms with Gasteiger partial charge < -0.3 is 5.11 Å². The number of nitrogens with zero attached hydrogens (tertiary/aromatic N) is 3. The zero-order valence-electron chi connectivity index (χ0n) is 18.5. The molecule has 1 heterocycles. The molecule has 0 radical (unpaired) electrons. The third-order valence-electron chi connectivity index (χ3n) is 5.83. The Hall–Kier alpha value is -4.18. The van der Waals surface area contributed by atoms with E-state index in [4.69, 9.17) is 5.10 Å². The smallest absolute Gasteiger partial charge is 0.117 e. The number of phenols is 1. The van der Waals surface area contributed by atoms with E-state index in [-0.39, 0.29) is 11.8 Å². The number of aromatic hydroxyl groups is 1. The van der Waals surface area contributed by atoms with E-state index in [9.17, 15) is 5.11 Å². The molecule has 1 N–H and O–H groups in total. The summed E-state index contributed by atoms with van der Waals surface area (Å²) in [6.07, 6.45) is 2.66. The fourth-order valence-electron chi connectivity index (χ4n) is 4.04. The number of aliphatic imine (C=N–C) groups is 1. The first-order chi connectivity index (χ1) is 16.2. The summed E-state index contributed by atoms with van der Waals surface area (Å²) >= 11 is 0. The van der Waals surface area contributed by atoms with Gasteiger partial charge in [-0.25, -0.2) is 0 Å². The maximum atomic E-state index is 9.61. The molecule has 4 aromatic carbocycles. The van der Waals surface area contributed by atoms with Crippen molar-refractivity contribution in [2.24, 2.45) is 10.1 Å². The van der Waals surface area contributed by atoms with Gasteiger partial charge in [0.1, 0.15) is 5.75 Å². The monoisotopic (exact) mass is 431 g/mol. The van der Waals surface area contributed by atoms with Gasteiger partial charge in [-0.05, 0) is 47.9 Å². The van der Waals surface area contributed by atoms with Gasteiger partial charge in [-0.1, -0.05) is 78.4 Å². The molecule has 0 spiro atoms. The van der Waals surface area contributed by atoms with Crippen molar-refractivity contribution in [2.45, 2.75) is 19.4 Å². The van der Waals surface area contributed by atoms with Crippen LogP contribution >= 0.6 is 0 Å². The van der Waals surface area contributed by atoms with Crippen LogP contribution in [0, 0.1) is 6.92 Å². The Balaban J connectivity index is 1.43. The first kappa shape index (κ1) is 20.7. The second kappa shape index (κ2) is 9.13. The summed E-state index contributed by atoms with van der Waals surface area (Å²) in [7, 11) is 0. The van der Waals surface area contributed by atoms with Crippen LogP contribution in [0.2, 0.25) is 0 Å². The van der Waals surface area contributed by atoms with Crippen LogP contribution in [-0.4, -0.2) is 17.0 Å². The minimum absolute atomic E-state index is 0.148. The topological polar surface area (TPSA) is 48.2 Å². The molecule has 4 nitrogen and oxygen atoms in total. The molecular weight excluding hydrogens is 406 g/mol. The summed E-state index contributed by atoms with van der Waals surface area (Å²) in [6, 6.07) is 34.5. The van der Waals surface area contributed by atoms with Crippen molar-refractivity contribution in [3.63, 3.8) is 0 Å². The number of anilines is 1. The van der Waals surface area contributed by atoms with Gasteiger partial charge in [0.25, 0.3) is 0 Å². The molecule has 1 atom stereocenters. The molecule has 0 amide bonds. The zero-order valence-corrected chi connectivity index (χ0v) is 18.5. The molecule has 4 aromatic rings. The molecule has 0 bridgehead atoms. The van der Waals surface area contributed by atoms with Gasteiger partial charge in [0.15, 0.2) is 0 Å². The molecule has 1 unspecified atom stereocenters. The highest BCUT2D eigenvalue weighted by molar-refractivity contribution is 6.03. The number of rotatable bonds is 5. The van der Waals surface area contributed by atoms with Crippen LogP contribution < -0.4 is 5.01 Å². The first-order valence-electron chi connectivity index (χ1n) is 11.1. The summed E-state index contributed by atoms with van der Waals surface area (Å²) in [5, 5.41) is 16.8. The SMILES string of the molecule is Cc1ccc(C2=NN(c3ccc(C=Nc4cccc(O)c4)cc3)C(c3ccccc3)C2)cc1. The number of benzene rings is 4. The standard InChI is InChI=1S/C29H25N3O/c1-21-10-14-23(15-11-21)28-19-29(24-6-3-2-4-7-24)32(31-28)26-16-12-22(13-17-26)20-30-25-8-5-9-27(33)18-25/h2-18,20,29,33H,19H2,1H3. The van der Waals surface area contributed by atoms with Crippen LogP contribution in [0.1, 0.15) is 34.7 Å². The van der Waals surface area contributed by atoms with Crippen molar-refractivity contribution < 1.29 is 5.11 Å². The second-order valence-electron chi connectivity index (χ2n) is 8.26. The number of hydrazone groups is 1. The van der Waals surface area contributed by atoms with Gasteiger partial charge in [0, 0.05) is 18.7 Å². The molecule has 1 aliphatic heterocycles. The molecule has 0 saturated heterocycles. The van der Waals surface area contributed by atoms with Gasteiger partial charge >= 0.3 is 0 Å². The van der Waals surface area contributed by atoms with E-state index in [2.05, 4.69) is 77.6 Å². The lowest BCUT2D eigenvalue weighted by atomic mass is 9.98. The summed E-state index contributed by atoms with van der Waals surface area (Å²) < 4.78 is 0. The van der Waals surface area contributed by atoms with Gasteiger partial charge in [0.2, 0.25) is 0 Å². The molecule has 5 rings (SSSR count). The van der Waals surface area contributed by atoms with E-state index < -0.39 is 0 Å². The van der Waals surface area contributed by atoms with Gasteiger partial charge in [0.05, 0.1) is 23.1 Å². The molecule has 33 heavy (non-hydrogen) atoms. The summed E-state index contributed by atoms with van der Waals surface area (Å²) in [4.78, 5) is 4.46. The summed E-state index contributed by atoms with van der Waals surface area (Å²) in [6.45, 7) is 2.10. The summed E-state index contributed by atoms with van der Waals surface area (Å²) in [5.41, 5.74) is 7.50. The molecule has 4 heteroatoms. The van der Waals surface area contributed by atoms with Crippen molar-refractivity contribution in [3.05, 3.63) is 125 Å². The highest BCUT2D eigenvalue weighted by Gasteiger charge is 2.29. The second-order valence-corrected chi connectivity index (χ2v) is 8.26. The number of hydrogen-bond donors (Lipinski definition) is 1. The first-order valence-corrected chi connectivity index (χ1v) is 11.1. The largest absolute Gasteiger partial charge is 0.508 e. The zero-order chi connectivity index (χ0) is 22.6. The average Bonchev–Trinajstić information content (AvgIpc) is 3.30. The van der Waals surface area contributed by atoms with Crippen molar-refractivity contribution in [1.82, 2.24) is 0 Å². The highest BCUT2D eigenvalue weighted by atomic mass is 16.3. The number of hydrogen-bond acceptors (Lipinski definition) is 4. The maximum absolute atomic E-state index is 9.61. The molecule has 0 fully saturated rings. The quantitative estimate of drug-likeness (QED) is 0.353. The fourth-order valence-corrected chi connectivity index (χ4v) is 4.04. The normalized spacial score (nSPS) is 15.7. The van der Waals surface area contributed by atoms with Crippen LogP contribution in [0.4, 0.5) is 11.4 Å². The third-order valence-corrected chi connectivity index (χ3v) is 5.83. The minimum Gasteiger partial charge on any atom is -0.508 e. The predicted molar refractivity (Wildman–Crippen MR) is 136 cm³/mol.